The second-order valence-corrected chi connectivity index (χ2v) is 7.00. The molecule has 0 spiro atoms. The Balaban J connectivity index is 1.43. The highest BCUT2D eigenvalue weighted by Crippen LogP contribution is 2.28. The van der Waals surface area contributed by atoms with Gasteiger partial charge in [-0.1, -0.05) is 0 Å². The number of morpholine rings is 1. The molecule has 12 nitrogen and oxygen atoms in total. The van der Waals surface area contributed by atoms with E-state index in [2.05, 4.69) is 35.5 Å². The number of hydrogen-bond acceptors (Lipinski definition) is 9. The lowest BCUT2D eigenvalue weighted by atomic mass is 10.2. The second kappa shape index (κ2) is 9.87. The largest absolute Gasteiger partial charge is 0.491 e. The topological polar surface area (TPSA) is 157 Å². The normalized spacial score (nSPS) is 13.3. The predicted octanol–water partition coefficient (Wildman–Crippen LogP) is 1.52. The predicted molar refractivity (Wildman–Crippen MR) is 120 cm³/mol. The van der Waals surface area contributed by atoms with Crippen molar-refractivity contribution in [2.45, 2.75) is 0 Å². The minimum atomic E-state index is -0.544. The average Bonchev–Trinajstić information content (AvgIpc) is 2.85. The van der Waals surface area contributed by atoms with Gasteiger partial charge < -0.3 is 25.4 Å². The molecule has 0 aliphatic carbocycles. The van der Waals surface area contributed by atoms with Gasteiger partial charge in [-0.2, -0.15) is 0 Å². The molecular weight excluding hydrogens is 428 g/mol. The van der Waals surface area contributed by atoms with E-state index >= 15 is 0 Å². The first kappa shape index (κ1) is 21.9. The number of rotatable bonds is 6. The van der Waals surface area contributed by atoms with E-state index in [1.807, 2.05) is 0 Å². The molecule has 1 fully saturated rings. The first-order valence-corrected chi connectivity index (χ1v) is 10.1. The molecule has 3 heterocycles. The van der Waals surface area contributed by atoms with Crippen LogP contribution in [0.5, 0.6) is 5.75 Å². The number of nitrogens with one attached hydrogen (secondary N) is 2. The monoisotopic (exact) mass is 450 g/mol. The van der Waals surface area contributed by atoms with Crippen molar-refractivity contribution in [3.05, 3.63) is 48.4 Å². The molecule has 170 valence electrons. The Bertz CT molecular complexity index is 1130. The van der Waals surface area contributed by atoms with Crippen molar-refractivity contribution in [1.29, 1.82) is 0 Å². The summed E-state index contributed by atoms with van der Waals surface area (Å²) in [5, 5.41) is 5.16. The third kappa shape index (κ3) is 5.30. The molecule has 12 heteroatoms. The van der Waals surface area contributed by atoms with Gasteiger partial charge in [0.2, 0.25) is 11.9 Å². The molecule has 0 atom stereocenters. The summed E-state index contributed by atoms with van der Waals surface area (Å²) in [6.07, 6.45) is 4.65. The first-order chi connectivity index (χ1) is 16.0. The van der Waals surface area contributed by atoms with Gasteiger partial charge in [-0.25, -0.2) is 24.7 Å². The van der Waals surface area contributed by atoms with Gasteiger partial charge in [0.05, 0.1) is 32.1 Å². The van der Waals surface area contributed by atoms with Gasteiger partial charge in [0.25, 0.3) is 0 Å². The molecule has 2 aromatic heterocycles. The van der Waals surface area contributed by atoms with Crippen LogP contribution in [0.1, 0.15) is 10.4 Å². The highest BCUT2D eigenvalue weighted by molar-refractivity contribution is 5.99. The number of methoxy groups -OCH3 is 1. The van der Waals surface area contributed by atoms with Crippen LogP contribution in [0.15, 0.2) is 42.9 Å². The molecule has 1 saturated heterocycles. The Hall–Kier alpha value is -4.32. The molecule has 0 saturated carbocycles. The molecule has 1 aromatic carbocycles. The van der Waals surface area contributed by atoms with E-state index in [0.29, 0.717) is 60.5 Å². The van der Waals surface area contributed by atoms with Crippen molar-refractivity contribution in [2.75, 3.05) is 48.9 Å². The van der Waals surface area contributed by atoms with E-state index in [-0.39, 0.29) is 5.95 Å². The van der Waals surface area contributed by atoms with Gasteiger partial charge in [-0.15, -0.1) is 0 Å². The summed E-state index contributed by atoms with van der Waals surface area (Å²) in [7, 11) is 1.57. The van der Waals surface area contributed by atoms with Crippen LogP contribution in [0, 0.1) is 0 Å². The number of primary amides is 1. The lowest BCUT2D eigenvalue weighted by molar-refractivity contribution is 0.1000. The molecule has 0 bridgehead atoms. The van der Waals surface area contributed by atoms with E-state index in [1.165, 1.54) is 24.5 Å². The van der Waals surface area contributed by atoms with Crippen molar-refractivity contribution < 1.29 is 19.1 Å². The van der Waals surface area contributed by atoms with Crippen LogP contribution < -0.4 is 26.0 Å². The summed E-state index contributed by atoms with van der Waals surface area (Å²) in [5.74, 6) is 1.24. The van der Waals surface area contributed by atoms with Crippen molar-refractivity contribution in [3.63, 3.8) is 0 Å². The molecule has 3 aromatic rings. The Morgan fingerprint density at radius 2 is 1.73 bits per heavy atom. The second-order valence-electron chi connectivity index (χ2n) is 7.00. The van der Waals surface area contributed by atoms with E-state index in [9.17, 15) is 9.59 Å². The number of anilines is 3. The number of ether oxygens (including phenoxy) is 2. The molecule has 4 N–H and O–H groups in total. The zero-order chi connectivity index (χ0) is 23.2. The lowest BCUT2D eigenvalue weighted by Gasteiger charge is -2.28. The molecule has 33 heavy (non-hydrogen) atoms. The molecule has 0 unspecified atom stereocenters. The molecule has 1 aliphatic heterocycles. The zero-order valence-electron chi connectivity index (χ0n) is 17.8. The number of carbonyl (C=O) groups is 2. The van der Waals surface area contributed by atoms with E-state index in [0.717, 1.165) is 0 Å². The summed E-state index contributed by atoms with van der Waals surface area (Å²) in [5.41, 5.74) is 6.62. The van der Waals surface area contributed by atoms with Gasteiger partial charge in [-0.3, -0.25) is 10.1 Å². The van der Waals surface area contributed by atoms with Crippen LogP contribution in [-0.2, 0) is 4.74 Å². The van der Waals surface area contributed by atoms with Crippen LogP contribution >= 0.6 is 0 Å². The summed E-state index contributed by atoms with van der Waals surface area (Å²) >= 11 is 0. The van der Waals surface area contributed by atoms with Crippen molar-refractivity contribution in [1.82, 2.24) is 19.9 Å². The standard InChI is InChI=1S/C21H22N8O4/c1-32-16-12-23-18(27-19(16)29-6-8-33-9-7-29)14-10-24-20(25-11-14)28-21(31)26-15-4-2-13(3-5-15)17(22)30/h2-5,10-12H,6-9H2,1H3,(H2,22,30)(H2,24,25,26,28,31). The smallest absolute Gasteiger partial charge is 0.326 e. The Kier molecular flexibility index (Phi) is 6.55. The molecular formula is C21H22N8O4. The third-order valence-electron chi connectivity index (χ3n) is 4.83. The maximum atomic E-state index is 12.2. The van der Waals surface area contributed by atoms with Crippen LogP contribution in [0.3, 0.4) is 0 Å². The number of amides is 3. The minimum Gasteiger partial charge on any atom is -0.491 e. The first-order valence-electron chi connectivity index (χ1n) is 10.1. The quantitative estimate of drug-likeness (QED) is 0.506. The number of carbonyl (C=O) groups excluding carboxylic acids is 2. The molecule has 4 rings (SSSR count). The fourth-order valence-electron chi connectivity index (χ4n) is 3.14. The summed E-state index contributed by atoms with van der Waals surface area (Å²) in [6, 6.07) is 5.63. The van der Waals surface area contributed by atoms with Crippen LogP contribution in [0.2, 0.25) is 0 Å². The maximum Gasteiger partial charge on any atom is 0.326 e. The third-order valence-corrected chi connectivity index (χ3v) is 4.83. The number of aromatic nitrogens is 4. The van der Waals surface area contributed by atoms with Crippen molar-refractivity contribution in [3.8, 4) is 17.1 Å². The fraction of sp³-hybridized carbons (Fsp3) is 0.238. The van der Waals surface area contributed by atoms with E-state index in [4.69, 9.17) is 15.2 Å². The number of nitrogens with two attached hydrogens (primary N) is 1. The van der Waals surface area contributed by atoms with E-state index < -0.39 is 11.9 Å². The average molecular weight is 450 g/mol. The van der Waals surface area contributed by atoms with Gasteiger partial charge >= 0.3 is 6.03 Å². The summed E-state index contributed by atoms with van der Waals surface area (Å²) < 4.78 is 10.8. The summed E-state index contributed by atoms with van der Waals surface area (Å²) in [4.78, 5) is 42.7. The summed E-state index contributed by atoms with van der Waals surface area (Å²) in [6.45, 7) is 2.63. The van der Waals surface area contributed by atoms with Crippen molar-refractivity contribution >= 4 is 29.4 Å². The van der Waals surface area contributed by atoms with Gasteiger partial charge in [0.1, 0.15) is 0 Å². The highest BCUT2D eigenvalue weighted by Gasteiger charge is 2.19. The zero-order valence-corrected chi connectivity index (χ0v) is 17.8. The Morgan fingerprint density at radius 3 is 2.36 bits per heavy atom. The number of hydrogen-bond donors (Lipinski definition) is 3. The highest BCUT2D eigenvalue weighted by atomic mass is 16.5. The van der Waals surface area contributed by atoms with Crippen LogP contribution in [-0.4, -0.2) is 65.3 Å². The van der Waals surface area contributed by atoms with Crippen molar-refractivity contribution in [2.24, 2.45) is 5.73 Å². The SMILES string of the molecule is COc1cnc(-c2cnc(NC(=O)Nc3ccc(C(N)=O)cc3)nc2)nc1N1CCOCC1. The number of nitrogens with zero attached hydrogens (tertiary/aromatic N) is 5. The van der Waals surface area contributed by atoms with Crippen LogP contribution in [0.4, 0.5) is 22.2 Å². The van der Waals surface area contributed by atoms with Gasteiger partial charge in [0.15, 0.2) is 17.4 Å². The number of benzene rings is 1. The van der Waals surface area contributed by atoms with Gasteiger partial charge in [-0.05, 0) is 24.3 Å². The minimum absolute atomic E-state index is 0.104. The Labute approximate surface area is 189 Å². The maximum absolute atomic E-state index is 12.2. The molecule has 3 amide bonds. The van der Waals surface area contributed by atoms with E-state index in [1.54, 1.807) is 25.4 Å². The number of urea groups is 1. The Morgan fingerprint density at radius 1 is 1.03 bits per heavy atom. The molecule has 1 aliphatic rings. The fourth-order valence-corrected chi connectivity index (χ4v) is 3.14. The van der Waals surface area contributed by atoms with Gasteiger partial charge in [0, 0.05) is 36.7 Å². The van der Waals surface area contributed by atoms with Crippen LogP contribution in [0.25, 0.3) is 11.4 Å². The lowest BCUT2D eigenvalue weighted by Crippen LogP contribution is -2.37. The molecule has 0 radical (unpaired) electrons.